The molecule has 1 aromatic rings. The number of halogens is 1. The highest BCUT2D eigenvalue weighted by Crippen LogP contribution is 2.48. The van der Waals surface area contributed by atoms with Crippen molar-refractivity contribution in [2.24, 2.45) is 0 Å². The molecule has 0 unspecified atom stereocenters. The first-order chi connectivity index (χ1) is 9.28. The van der Waals surface area contributed by atoms with Crippen LogP contribution in [0.2, 0.25) is 0 Å². The molecule has 1 aromatic carbocycles. The number of ether oxygens (including phenoxy) is 3. The second kappa shape index (κ2) is 6.35. The van der Waals surface area contributed by atoms with Gasteiger partial charge in [-0.05, 0) is 15.9 Å². The van der Waals surface area contributed by atoms with Crippen LogP contribution >= 0.6 is 15.9 Å². The lowest BCUT2D eigenvalue weighted by Crippen LogP contribution is -2.23. The van der Waals surface area contributed by atoms with E-state index in [4.69, 9.17) is 19.3 Å². The number of carboxylic acid groups (broad SMARTS) is 1. The maximum atomic E-state index is 11.1. The Bertz CT molecular complexity index is 511. The van der Waals surface area contributed by atoms with Crippen LogP contribution < -0.4 is 14.2 Å². The van der Waals surface area contributed by atoms with Gasteiger partial charge in [0.2, 0.25) is 0 Å². The normalized spacial score (nSPS) is 11.1. The highest BCUT2D eigenvalue weighted by molar-refractivity contribution is 9.10. The summed E-state index contributed by atoms with van der Waals surface area (Å²) in [7, 11) is 4.60. The minimum atomic E-state index is -0.876. The Balaban J connectivity index is 3.56. The number of benzene rings is 1. The van der Waals surface area contributed by atoms with Gasteiger partial charge in [-0.2, -0.15) is 0 Å². The van der Waals surface area contributed by atoms with Crippen LogP contribution in [0, 0.1) is 0 Å². The maximum Gasteiger partial charge on any atom is 0.304 e. The van der Waals surface area contributed by atoms with Gasteiger partial charge in [-0.3, -0.25) is 4.79 Å². The van der Waals surface area contributed by atoms with Gasteiger partial charge in [0, 0.05) is 17.0 Å². The van der Waals surface area contributed by atoms with Crippen molar-refractivity contribution in [3.8, 4) is 17.2 Å². The molecule has 20 heavy (non-hydrogen) atoms. The summed E-state index contributed by atoms with van der Waals surface area (Å²) in [5.41, 5.74) is 0.107. The molecule has 5 nitrogen and oxygen atoms in total. The molecular weight excluding hydrogens is 328 g/mol. The highest BCUT2D eigenvalue weighted by Gasteiger charge is 2.32. The van der Waals surface area contributed by atoms with Gasteiger partial charge >= 0.3 is 5.97 Å². The second-order valence-electron chi connectivity index (χ2n) is 4.96. The van der Waals surface area contributed by atoms with Gasteiger partial charge in [0.15, 0.2) is 11.5 Å². The fraction of sp³-hybridized carbons (Fsp3) is 0.500. The van der Waals surface area contributed by atoms with E-state index in [-0.39, 0.29) is 6.42 Å². The van der Waals surface area contributed by atoms with E-state index in [1.807, 2.05) is 13.8 Å². The quantitative estimate of drug-likeness (QED) is 0.856. The molecule has 0 heterocycles. The summed E-state index contributed by atoms with van der Waals surface area (Å²) in [5, 5.41) is 9.08. The molecule has 0 fully saturated rings. The first-order valence-corrected chi connectivity index (χ1v) is 6.78. The van der Waals surface area contributed by atoms with Crippen molar-refractivity contribution in [2.75, 3.05) is 21.3 Å². The largest absolute Gasteiger partial charge is 0.496 e. The van der Waals surface area contributed by atoms with Crippen molar-refractivity contribution >= 4 is 21.9 Å². The lowest BCUT2D eigenvalue weighted by atomic mass is 9.80. The van der Waals surface area contributed by atoms with Crippen LogP contribution in [0.15, 0.2) is 10.5 Å². The Morgan fingerprint density at radius 1 is 1.20 bits per heavy atom. The molecule has 0 atom stereocenters. The minimum absolute atomic E-state index is 0.0303. The molecule has 1 rings (SSSR count). The van der Waals surface area contributed by atoms with E-state index in [1.54, 1.807) is 6.07 Å². The predicted molar refractivity (Wildman–Crippen MR) is 79.1 cm³/mol. The van der Waals surface area contributed by atoms with E-state index in [1.165, 1.54) is 21.3 Å². The Labute approximate surface area is 127 Å². The van der Waals surface area contributed by atoms with Crippen molar-refractivity contribution in [3.63, 3.8) is 0 Å². The van der Waals surface area contributed by atoms with Gasteiger partial charge < -0.3 is 19.3 Å². The minimum Gasteiger partial charge on any atom is -0.496 e. The molecule has 112 valence electrons. The highest BCUT2D eigenvalue weighted by atomic mass is 79.9. The van der Waals surface area contributed by atoms with Gasteiger partial charge in [0.25, 0.3) is 0 Å². The van der Waals surface area contributed by atoms with E-state index >= 15 is 0 Å². The summed E-state index contributed by atoms with van der Waals surface area (Å²) >= 11 is 3.47. The van der Waals surface area contributed by atoms with Crippen LogP contribution in [-0.4, -0.2) is 32.4 Å². The van der Waals surface area contributed by atoms with E-state index in [9.17, 15) is 4.79 Å². The zero-order valence-corrected chi connectivity index (χ0v) is 13.8. The molecule has 6 heteroatoms. The molecule has 0 amide bonds. The first kappa shape index (κ1) is 16.6. The summed E-state index contributed by atoms with van der Waals surface area (Å²) in [5.74, 6) is 0.715. The molecule has 0 bridgehead atoms. The average Bonchev–Trinajstić information content (AvgIpc) is 2.35. The lowest BCUT2D eigenvalue weighted by molar-refractivity contribution is -0.138. The van der Waals surface area contributed by atoms with Crippen LogP contribution in [0.4, 0.5) is 0 Å². The van der Waals surface area contributed by atoms with E-state index in [0.717, 1.165) is 5.56 Å². The van der Waals surface area contributed by atoms with Gasteiger partial charge in [-0.1, -0.05) is 13.8 Å². The Kier molecular flexibility index (Phi) is 5.28. The smallest absolute Gasteiger partial charge is 0.304 e. The number of carbonyl (C=O) groups is 1. The Hall–Kier alpha value is -1.43. The third-order valence-electron chi connectivity index (χ3n) is 3.07. The average molecular weight is 347 g/mol. The number of carboxylic acids is 1. The zero-order valence-electron chi connectivity index (χ0n) is 12.2. The standard InChI is InChI=1S/C14H19BrO5/c1-14(2,7-10(16)17)11-8(18-3)6-9(19-4)13(20-5)12(11)15/h6H,7H2,1-5H3,(H,16,17). The Morgan fingerprint density at radius 3 is 2.15 bits per heavy atom. The van der Waals surface area contributed by atoms with E-state index in [0.29, 0.717) is 21.7 Å². The lowest BCUT2D eigenvalue weighted by Gasteiger charge is -2.28. The van der Waals surface area contributed by atoms with Crippen LogP contribution in [0.1, 0.15) is 25.8 Å². The van der Waals surface area contributed by atoms with Crippen LogP contribution in [0.5, 0.6) is 17.2 Å². The maximum absolute atomic E-state index is 11.1. The monoisotopic (exact) mass is 346 g/mol. The molecule has 0 radical (unpaired) electrons. The number of hydrogen-bond acceptors (Lipinski definition) is 4. The SMILES string of the molecule is COc1cc(OC)c(C(C)(C)CC(=O)O)c(Br)c1OC. The van der Waals surface area contributed by atoms with Crippen molar-refractivity contribution in [2.45, 2.75) is 25.7 Å². The second-order valence-corrected chi connectivity index (χ2v) is 5.75. The number of hydrogen-bond donors (Lipinski definition) is 1. The molecule has 0 aliphatic heterocycles. The first-order valence-electron chi connectivity index (χ1n) is 5.99. The van der Waals surface area contributed by atoms with Crippen molar-refractivity contribution in [1.29, 1.82) is 0 Å². The molecule has 0 saturated carbocycles. The van der Waals surface area contributed by atoms with Crippen LogP contribution in [-0.2, 0) is 10.2 Å². The van der Waals surface area contributed by atoms with Crippen molar-refractivity contribution < 1.29 is 24.1 Å². The molecule has 0 aromatic heterocycles. The van der Waals surface area contributed by atoms with Gasteiger partial charge in [0.1, 0.15) is 5.75 Å². The number of rotatable bonds is 6. The topological polar surface area (TPSA) is 65.0 Å². The fourth-order valence-corrected chi connectivity index (χ4v) is 3.28. The predicted octanol–water partition coefficient (Wildman–Crippen LogP) is 3.23. The summed E-state index contributed by atoms with van der Waals surface area (Å²) in [4.78, 5) is 11.1. The molecule has 1 N–H and O–H groups in total. The van der Waals surface area contributed by atoms with E-state index < -0.39 is 11.4 Å². The van der Waals surface area contributed by atoms with Gasteiger partial charge in [-0.15, -0.1) is 0 Å². The molecule has 0 spiro atoms. The molecule has 0 aliphatic carbocycles. The third kappa shape index (κ3) is 3.17. The molecular formula is C14H19BrO5. The Morgan fingerprint density at radius 2 is 1.75 bits per heavy atom. The molecule has 0 aliphatic rings. The van der Waals surface area contributed by atoms with Crippen molar-refractivity contribution in [3.05, 3.63) is 16.1 Å². The van der Waals surface area contributed by atoms with Crippen LogP contribution in [0.3, 0.4) is 0 Å². The van der Waals surface area contributed by atoms with E-state index in [2.05, 4.69) is 15.9 Å². The summed E-state index contributed by atoms with van der Waals surface area (Å²) < 4.78 is 16.6. The van der Waals surface area contributed by atoms with Crippen molar-refractivity contribution in [1.82, 2.24) is 0 Å². The summed E-state index contributed by atoms with van der Waals surface area (Å²) in [6, 6.07) is 1.70. The van der Waals surface area contributed by atoms with Gasteiger partial charge in [-0.25, -0.2) is 0 Å². The third-order valence-corrected chi connectivity index (χ3v) is 3.82. The summed E-state index contributed by atoms with van der Waals surface area (Å²) in [6.07, 6.45) is -0.0303. The molecule has 0 saturated heterocycles. The number of methoxy groups -OCH3 is 3. The zero-order chi connectivity index (χ0) is 15.5. The number of aliphatic carboxylic acids is 1. The van der Waals surface area contributed by atoms with Gasteiger partial charge in [0.05, 0.1) is 32.2 Å². The summed E-state index contributed by atoms with van der Waals surface area (Å²) in [6.45, 7) is 3.69. The van der Waals surface area contributed by atoms with Crippen LogP contribution in [0.25, 0.3) is 0 Å². The fourth-order valence-electron chi connectivity index (χ4n) is 2.19.